The summed E-state index contributed by atoms with van der Waals surface area (Å²) in [5.41, 5.74) is 0.211. The quantitative estimate of drug-likeness (QED) is 0.624. The van der Waals surface area contributed by atoms with Crippen molar-refractivity contribution in [2.45, 2.75) is 38.9 Å². The van der Waals surface area contributed by atoms with Crippen LogP contribution in [0, 0.1) is 0 Å². The highest BCUT2D eigenvalue weighted by Gasteiger charge is 2.24. The zero-order valence-electron chi connectivity index (χ0n) is 11.3. The van der Waals surface area contributed by atoms with Gasteiger partial charge in [-0.2, -0.15) is 0 Å². The molecule has 1 N–H and O–H groups in total. The van der Waals surface area contributed by atoms with Gasteiger partial charge >= 0.3 is 6.16 Å². The Hall–Kier alpha value is -1.75. The molecule has 2 rings (SSSR count). The average molecular weight is 266 g/mol. The molecule has 0 radical (unpaired) electrons. The fourth-order valence-electron chi connectivity index (χ4n) is 1.82. The molecule has 1 atom stereocenters. The van der Waals surface area contributed by atoms with E-state index in [9.17, 15) is 9.90 Å². The largest absolute Gasteiger partial charge is 0.514 e. The van der Waals surface area contributed by atoms with Crippen LogP contribution < -0.4 is 9.47 Å². The van der Waals surface area contributed by atoms with E-state index in [0.717, 1.165) is 5.56 Å². The fraction of sp³-hybridized carbons (Fsp3) is 0.500. The molecule has 19 heavy (non-hydrogen) atoms. The van der Waals surface area contributed by atoms with E-state index in [-0.39, 0.29) is 6.61 Å². The maximum absolute atomic E-state index is 11.6. The van der Waals surface area contributed by atoms with E-state index < -0.39 is 17.9 Å². The molecular formula is C14H18O5. The molecule has 104 valence electrons. The molecular weight excluding hydrogens is 248 g/mol. The number of aliphatic hydroxyl groups is 1. The summed E-state index contributed by atoms with van der Waals surface area (Å²) in [5, 5.41) is 9.52. The third-order valence-electron chi connectivity index (χ3n) is 2.52. The van der Waals surface area contributed by atoms with Crippen LogP contribution >= 0.6 is 0 Å². The van der Waals surface area contributed by atoms with Crippen LogP contribution in [0.15, 0.2) is 18.2 Å². The number of fused-ring (bicyclic) bond motifs is 1. The third kappa shape index (κ3) is 3.61. The molecule has 0 saturated carbocycles. The van der Waals surface area contributed by atoms with Gasteiger partial charge in [-0.15, -0.1) is 0 Å². The minimum atomic E-state index is -0.768. The Bertz CT molecular complexity index is 475. The summed E-state index contributed by atoms with van der Waals surface area (Å²) in [4.78, 5) is 11.6. The number of hydrogen-bond donors (Lipinski definition) is 1. The molecule has 0 aromatic heterocycles. The number of aliphatic hydroxyl groups excluding tert-OH is 1. The topological polar surface area (TPSA) is 65.0 Å². The maximum Gasteiger partial charge on any atom is 0.514 e. The van der Waals surface area contributed by atoms with Crippen LogP contribution in [0.3, 0.4) is 0 Å². The van der Waals surface area contributed by atoms with Crippen molar-refractivity contribution < 1.29 is 24.1 Å². The van der Waals surface area contributed by atoms with Crippen LogP contribution in [0.5, 0.6) is 11.5 Å². The molecule has 0 aliphatic carbocycles. The Kier molecular flexibility index (Phi) is 3.66. The van der Waals surface area contributed by atoms with Crippen LogP contribution in [0.2, 0.25) is 0 Å². The van der Waals surface area contributed by atoms with E-state index in [1.54, 1.807) is 32.9 Å². The highest BCUT2D eigenvalue weighted by molar-refractivity contribution is 5.66. The summed E-state index contributed by atoms with van der Waals surface area (Å²) in [6.45, 7) is 5.49. The van der Waals surface area contributed by atoms with E-state index in [0.29, 0.717) is 17.9 Å². The van der Waals surface area contributed by atoms with Gasteiger partial charge in [-0.25, -0.2) is 4.79 Å². The van der Waals surface area contributed by atoms with Gasteiger partial charge in [0.05, 0.1) is 6.10 Å². The molecule has 0 saturated heterocycles. The lowest BCUT2D eigenvalue weighted by Crippen LogP contribution is -2.28. The first-order valence-electron chi connectivity index (χ1n) is 6.19. The molecule has 1 heterocycles. The van der Waals surface area contributed by atoms with Gasteiger partial charge in [-0.05, 0) is 26.8 Å². The predicted octanol–water partition coefficient (Wildman–Crippen LogP) is 2.30. The van der Waals surface area contributed by atoms with Gasteiger partial charge in [-0.1, -0.05) is 12.1 Å². The van der Waals surface area contributed by atoms with Crippen LogP contribution in [-0.4, -0.2) is 29.6 Å². The minimum Gasteiger partial charge on any atom is -0.487 e. The van der Waals surface area contributed by atoms with Gasteiger partial charge in [0.1, 0.15) is 12.2 Å². The number of ether oxygens (including phenoxy) is 3. The summed E-state index contributed by atoms with van der Waals surface area (Å²) < 4.78 is 15.7. The number of rotatable bonds is 1. The molecule has 5 nitrogen and oxygen atoms in total. The first-order valence-corrected chi connectivity index (χ1v) is 6.19. The van der Waals surface area contributed by atoms with Crippen molar-refractivity contribution in [1.29, 1.82) is 0 Å². The predicted molar refractivity (Wildman–Crippen MR) is 68.5 cm³/mol. The first kappa shape index (κ1) is 13.7. The smallest absolute Gasteiger partial charge is 0.487 e. The Morgan fingerprint density at radius 3 is 2.84 bits per heavy atom. The SMILES string of the molecule is CC(C)(C)OC(=O)Oc1cccc2c1OCC(O)C2. The van der Waals surface area contributed by atoms with Crippen LogP contribution in [0.4, 0.5) is 4.79 Å². The third-order valence-corrected chi connectivity index (χ3v) is 2.52. The Morgan fingerprint density at radius 2 is 2.16 bits per heavy atom. The van der Waals surface area contributed by atoms with Crippen LogP contribution in [-0.2, 0) is 11.2 Å². The van der Waals surface area contributed by atoms with Crippen molar-refractivity contribution >= 4 is 6.16 Å². The zero-order chi connectivity index (χ0) is 14.0. The Morgan fingerprint density at radius 1 is 1.42 bits per heavy atom. The summed E-state index contributed by atoms with van der Waals surface area (Å²) >= 11 is 0. The van der Waals surface area contributed by atoms with Crippen LogP contribution in [0.25, 0.3) is 0 Å². The van der Waals surface area contributed by atoms with E-state index in [4.69, 9.17) is 14.2 Å². The summed E-state index contributed by atoms with van der Waals surface area (Å²) in [6.07, 6.45) is -0.805. The second-order valence-corrected chi connectivity index (χ2v) is 5.48. The van der Waals surface area contributed by atoms with Crippen molar-refractivity contribution in [3.05, 3.63) is 23.8 Å². The summed E-state index contributed by atoms with van der Waals surface area (Å²) in [6, 6.07) is 5.22. The molecule has 0 amide bonds. The van der Waals surface area contributed by atoms with Gasteiger partial charge in [-0.3, -0.25) is 0 Å². The highest BCUT2D eigenvalue weighted by Crippen LogP contribution is 2.35. The molecule has 1 unspecified atom stereocenters. The maximum atomic E-state index is 11.6. The van der Waals surface area contributed by atoms with E-state index >= 15 is 0 Å². The summed E-state index contributed by atoms with van der Waals surface area (Å²) in [5.74, 6) is 0.817. The summed E-state index contributed by atoms with van der Waals surface area (Å²) in [7, 11) is 0. The number of para-hydroxylation sites is 1. The Balaban J connectivity index is 2.13. The van der Waals surface area contributed by atoms with Crippen molar-refractivity contribution in [1.82, 2.24) is 0 Å². The van der Waals surface area contributed by atoms with Crippen molar-refractivity contribution in [3.63, 3.8) is 0 Å². The van der Waals surface area contributed by atoms with Crippen molar-refractivity contribution in [2.75, 3.05) is 6.61 Å². The van der Waals surface area contributed by atoms with Crippen molar-refractivity contribution in [2.24, 2.45) is 0 Å². The number of carbonyl (C=O) groups is 1. The molecule has 1 aliphatic heterocycles. The first-order chi connectivity index (χ1) is 8.85. The van der Waals surface area contributed by atoms with Gasteiger partial charge in [0.2, 0.25) is 0 Å². The fourth-order valence-corrected chi connectivity index (χ4v) is 1.82. The lowest BCUT2D eigenvalue weighted by molar-refractivity contribution is 0.0192. The lowest BCUT2D eigenvalue weighted by Gasteiger charge is -2.24. The standard InChI is InChI=1S/C14H18O5/c1-14(2,3)19-13(16)18-11-6-4-5-9-7-10(15)8-17-12(9)11/h4-6,10,15H,7-8H2,1-3H3. The van der Waals surface area contributed by atoms with Gasteiger partial charge < -0.3 is 19.3 Å². The van der Waals surface area contributed by atoms with E-state index in [1.165, 1.54) is 0 Å². The second kappa shape index (κ2) is 5.09. The molecule has 1 aromatic carbocycles. The monoisotopic (exact) mass is 266 g/mol. The molecule has 1 aromatic rings. The highest BCUT2D eigenvalue weighted by atomic mass is 16.7. The van der Waals surface area contributed by atoms with E-state index in [2.05, 4.69) is 0 Å². The molecule has 5 heteroatoms. The van der Waals surface area contributed by atoms with Gasteiger partial charge in [0, 0.05) is 12.0 Å². The van der Waals surface area contributed by atoms with Crippen LogP contribution in [0.1, 0.15) is 26.3 Å². The minimum absolute atomic E-state index is 0.196. The molecule has 0 bridgehead atoms. The Labute approximate surface area is 112 Å². The van der Waals surface area contributed by atoms with Gasteiger partial charge in [0.25, 0.3) is 0 Å². The van der Waals surface area contributed by atoms with Gasteiger partial charge in [0.15, 0.2) is 11.5 Å². The molecule has 0 fully saturated rings. The van der Waals surface area contributed by atoms with E-state index in [1.807, 2.05) is 6.07 Å². The lowest BCUT2D eigenvalue weighted by atomic mass is 10.0. The average Bonchev–Trinajstić information content (AvgIpc) is 2.26. The number of hydrogen-bond acceptors (Lipinski definition) is 5. The second-order valence-electron chi connectivity index (χ2n) is 5.48. The zero-order valence-corrected chi connectivity index (χ0v) is 11.3. The van der Waals surface area contributed by atoms with Crippen molar-refractivity contribution in [3.8, 4) is 11.5 Å². The normalized spacial score (nSPS) is 18.2. The number of carbonyl (C=O) groups excluding carboxylic acids is 1. The molecule has 1 aliphatic rings. The number of benzene rings is 1. The molecule has 0 spiro atoms.